The highest BCUT2D eigenvalue weighted by Crippen LogP contribution is 2.64. The van der Waals surface area contributed by atoms with E-state index in [0.29, 0.717) is 16.8 Å². The first-order valence-electron chi connectivity index (χ1n) is 13.4. The second kappa shape index (κ2) is 9.38. The van der Waals surface area contributed by atoms with Crippen molar-refractivity contribution in [2.45, 2.75) is 29.6 Å². The monoisotopic (exact) mass is 548 g/mol. The number of hydrogen-bond acceptors (Lipinski definition) is 5. The third kappa shape index (κ3) is 3.57. The molecule has 204 valence electrons. The van der Waals surface area contributed by atoms with Crippen molar-refractivity contribution in [1.29, 1.82) is 0 Å². The number of anilines is 1. The van der Waals surface area contributed by atoms with E-state index in [1.165, 1.54) is 12.1 Å². The number of rotatable bonds is 4. The number of para-hydroxylation sites is 1. The number of carbonyl (C=O) groups is 3. The number of halogens is 1. The van der Waals surface area contributed by atoms with Gasteiger partial charge in [-0.1, -0.05) is 91.0 Å². The smallest absolute Gasteiger partial charge is 0.325 e. The lowest BCUT2D eigenvalue weighted by molar-refractivity contribution is -0.179. The van der Waals surface area contributed by atoms with Crippen LogP contribution >= 0.6 is 0 Å². The highest BCUT2D eigenvalue weighted by Gasteiger charge is 2.74. The molecule has 0 aliphatic carbocycles. The van der Waals surface area contributed by atoms with Gasteiger partial charge < -0.3 is 15.2 Å². The van der Waals surface area contributed by atoms with Crippen molar-refractivity contribution in [3.05, 3.63) is 137 Å². The maximum atomic E-state index is 14.2. The normalized spacial score (nSPS) is 28.6. The molecule has 4 aromatic rings. The summed E-state index contributed by atoms with van der Waals surface area (Å²) in [6.45, 7) is 0. The van der Waals surface area contributed by atoms with Crippen molar-refractivity contribution < 1.29 is 28.6 Å². The van der Waals surface area contributed by atoms with E-state index < -0.39 is 59.2 Å². The molecule has 41 heavy (non-hydrogen) atoms. The zero-order valence-electron chi connectivity index (χ0n) is 21.7. The molecule has 6 atom stereocenters. The lowest BCUT2D eigenvalue weighted by Crippen LogP contribution is -2.52. The molecule has 3 heterocycles. The van der Waals surface area contributed by atoms with Crippen LogP contribution in [0.25, 0.3) is 0 Å². The van der Waals surface area contributed by atoms with Gasteiger partial charge in [-0.15, -0.1) is 0 Å². The lowest BCUT2D eigenvalue weighted by Gasteiger charge is -2.46. The van der Waals surface area contributed by atoms with E-state index >= 15 is 0 Å². The van der Waals surface area contributed by atoms with Gasteiger partial charge in [0.25, 0.3) is 0 Å². The van der Waals surface area contributed by atoms with Gasteiger partial charge in [-0.25, -0.2) is 4.39 Å². The predicted octanol–water partition coefficient (Wildman–Crippen LogP) is 5.18. The molecular weight excluding hydrogens is 523 g/mol. The summed E-state index contributed by atoms with van der Waals surface area (Å²) in [5.74, 6) is -4.50. The van der Waals surface area contributed by atoms with Crippen LogP contribution in [0.2, 0.25) is 0 Å². The van der Waals surface area contributed by atoms with E-state index in [-0.39, 0.29) is 0 Å². The fourth-order valence-corrected chi connectivity index (χ4v) is 7.18. The SMILES string of the molecule is O=C1O[C@H](c2ccccc2)[C@H](c2ccccc2)N2[C@H]1[C@@H](C(=O)O)[C@]1(C(=O)Nc3ccccc31)[C@H]2c1ccc(F)cc1. The van der Waals surface area contributed by atoms with Crippen LogP contribution < -0.4 is 5.32 Å². The molecular formula is C33H25FN2O5. The molecule has 8 heteroatoms. The predicted molar refractivity (Wildman–Crippen MR) is 147 cm³/mol. The number of carbonyl (C=O) groups excluding carboxylic acids is 2. The largest absolute Gasteiger partial charge is 0.481 e. The molecule has 0 saturated carbocycles. The maximum absolute atomic E-state index is 14.2. The molecule has 2 saturated heterocycles. The number of fused-ring (bicyclic) bond motifs is 3. The van der Waals surface area contributed by atoms with Gasteiger partial charge in [0.05, 0.1) is 12.1 Å². The number of aliphatic carboxylic acids is 1. The fraction of sp³-hybridized carbons (Fsp3) is 0.182. The average Bonchev–Trinajstić information content (AvgIpc) is 3.47. The van der Waals surface area contributed by atoms with Crippen LogP contribution in [0.5, 0.6) is 0 Å². The molecule has 7 rings (SSSR count). The molecule has 2 N–H and O–H groups in total. The van der Waals surface area contributed by atoms with Crippen LogP contribution in [0, 0.1) is 11.7 Å². The van der Waals surface area contributed by atoms with E-state index in [9.17, 15) is 23.9 Å². The molecule has 0 bridgehead atoms. The Morgan fingerprint density at radius 3 is 2.05 bits per heavy atom. The summed E-state index contributed by atoms with van der Waals surface area (Å²) in [6.07, 6.45) is -0.797. The Morgan fingerprint density at radius 2 is 1.39 bits per heavy atom. The van der Waals surface area contributed by atoms with Gasteiger partial charge in [0.2, 0.25) is 5.91 Å². The Hall–Kier alpha value is -4.82. The zero-order chi connectivity index (χ0) is 28.3. The molecule has 0 radical (unpaired) electrons. The second-order valence-electron chi connectivity index (χ2n) is 10.7. The molecule has 7 nitrogen and oxygen atoms in total. The van der Waals surface area contributed by atoms with Gasteiger partial charge >= 0.3 is 11.9 Å². The lowest BCUT2D eigenvalue weighted by atomic mass is 9.65. The van der Waals surface area contributed by atoms with Gasteiger partial charge in [0.1, 0.15) is 29.3 Å². The highest BCUT2D eigenvalue weighted by atomic mass is 19.1. The Bertz CT molecular complexity index is 1660. The molecule has 1 amide bonds. The van der Waals surface area contributed by atoms with Gasteiger partial charge in [-0.3, -0.25) is 19.3 Å². The van der Waals surface area contributed by atoms with E-state index in [1.807, 2.05) is 65.6 Å². The fourth-order valence-electron chi connectivity index (χ4n) is 7.18. The zero-order valence-corrected chi connectivity index (χ0v) is 21.7. The van der Waals surface area contributed by atoms with Crippen molar-refractivity contribution in [2.24, 2.45) is 5.92 Å². The molecule has 2 fully saturated rings. The molecule has 1 spiro atoms. The summed E-state index contributed by atoms with van der Waals surface area (Å²) < 4.78 is 20.3. The minimum Gasteiger partial charge on any atom is -0.481 e. The first-order valence-corrected chi connectivity index (χ1v) is 13.4. The molecule has 3 aliphatic rings. The van der Waals surface area contributed by atoms with Crippen LogP contribution in [0.1, 0.15) is 40.4 Å². The van der Waals surface area contributed by atoms with Crippen LogP contribution in [0.3, 0.4) is 0 Å². The number of nitrogens with one attached hydrogen (secondary N) is 1. The number of ether oxygens (including phenoxy) is 1. The quantitative estimate of drug-likeness (QED) is 0.341. The van der Waals surface area contributed by atoms with Gasteiger partial charge in [-0.05, 0) is 40.5 Å². The summed E-state index contributed by atoms with van der Waals surface area (Å²) in [5, 5.41) is 13.7. The summed E-state index contributed by atoms with van der Waals surface area (Å²) in [7, 11) is 0. The Kier molecular flexibility index (Phi) is 5.76. The molecule has 3 aliphatic heterocycles. The van der Waals surface area contributed by atoms with Crippen molar-refractivity contribution in [3.8, 4) is 0 Å². The topological polar surface area (TPSA) is 95.9 Å². The number of carboxylic acids is 1. The third-order valence-electron chi connectivity index (χ3n) is 8.67. The first-order chi connectivity index (χ1) is 19.9. The van der Waals surface area contributed by atoms with E-state index in [2.05, 4.69) is 5.32 Å². The molecule has 0 unspecified atom stereocenters. The van der Waals surface area contributed by atoms with Gasteiger partial charge in [0, 0.05) is 5.69 Å². The number of cyclic esters (lactones) is 1. The summed E-state index contributed by atoms with van der Waals surface area (Å²) in [6, 6.07) is 28.5. The standard InChI is InChI=1S/C33H25FN2O5/c34-22-17-15-21(16-18-22)29-33(23-13-7-8-14-24(23)35-32(33)40)25(30(37)38)27-31(39)41-28(20-11-5-2-6-12-20)26(36(27)29)19-9-3-1-4-10-19/h1-18,25-29H,(H,35,40)(H,37,38)/t25-,26-,27-,28+,29+,33-/m0/s1. The summed E-state index contributed by atoms with van der Waals surface area (Å²) in [5.41, 5.74) is 1.31. The number of benzene rings is 4. The van der Waals surface area contributed by atoms with Gasteiger partial charge in [-0.2, -0.15) is 0 Å². The Labute approximate surface area is 235 Å². The number of carboxylic acid groups (broad SMARTS) is 1. The average molecular weight is 549 g/mol. The number of amides is 1. The third-order valence-corrected chi connectivity index (χ3v) is 8.67. The summed E-state index contributed by atoms with van der Waals surface area (Å²) >= 11 is 0. The number of esters is 1. The second-order valence-corrected chi connectivity index (χ2v) is 10.7. The van der Waals surface area contributed by atoms with Crippen LogP contribution in [0.15, 0.2) is 109 Å². The molecule has 0 aromatic heterocycles. The van der Waals surface area contributed by atoms with Crippen LogP contribution in [0.4, 0.5) is 10.1 Å². The number of morpholine rings is 1. The minimum atomic E-state index is -1.71. The van der Waals surface area contributed by atoms with Crippen molar-refractivity contribution in [1.82, 2.24) is 4.90 Å². The highest BCUT2D eigenvalue weighted by molar-refractivity contribution is 6.11. The maximum Gasteiger partial charge on any atom is 0.325 e. The Balaban J connectivity index is 1.56. The van der Waals surface area contributed by atoms with Gasteiger partial charge in [0.15, 0.2) is 0 Å². The van der Waals surface area contributed by atoms with E-state index in [4.69, 9.17) is 4.74 Å². The number of hydrogen-bond donors (Lipinski definition) is 2. The van der Waals surface area contributed by atoms with Crippen molar-refractivity contribution in [3.63, 3.8) is 0 Å². The first kappa shape index (κ1) is 25.2. The van der Waals surface area contributed by atoms with Crippen molar-refractivity contribution in [2.75, 3.05) is 5.32 Å². The van der Waals surface area contributed by atoms with E-state index in [0.717, 1.165) is 11.1 Å². The Morgan fingerprint density at radius 1 is 0.780 bits per heavy atom. The van der Waals surface area contributed by atoms with E-state index in [1.54, 1.807) is 36.4 Å². The minimum absolute atomic E-state index is 0.469. The van der Waals surface area contributed by atoms with Crippen molar-refractivity contribution >= 4 is 23.5 Å². The summed E-state index contributed by atoms with van der Waals surface area (Å²) in [4.78, 5) is 43.4. The number of nitrogens with zero attached hydrogens (tertiary/aromatic N) is 1. The van der Waals surface area contributed by atoms with Crippen LogP contribution in [-0.2, 0) is 24.5 Å². The molecule has 4 aromatic carbocycles. The van der Waals surface area contributed by atoms with Crippen LogP contribution in [-0.4, -0.2) is 33.9 Å².